The lowest BCUT2D eigenvalue weighted by Crippen LogP contribution is -2.10. The van der Waals surface area contributed by atoms with Crippen molar-refractivity contribution in [1.82, 2.24) is 0 Å². The summed E-state index contributed by atoms with van der Waals surface area (Å²) in [5.74, 6) is -0.143. The first-order chi connectivity index (χ1) is 14.1. The van der Waals surface area contributed by atoms with Crippen LogP contribution in [0.4, 0.5) is 0 Å². The molecular weight excluding hydrogens is 376 g/mol. The van der Waals surface area contributed by atoms with E-state index in [-0.39, 0.29) is 5.78 Å². The van der Waals surface area contributed by atoms with E-state index in [1.165, 1.54) is 5.56 Å². The van der Waals surface area contributed by atoms with Gasteiger partial charge in [0.2, 0.25) is 5.78 Å². The molecule has 0 spiro atoms. The van der Waals surface area contributed by atoms with Crippen molar-refractivity contribution in [3.8, 4) is 0 Å². The number of benzene rings is 3. The highest BCUT2D eigenvalue weighted by Crippen LogP contribution is 2.49. The molecule has 29 heavy (non-hydrogen) atoms. The average Bonchev–Trinajstić information content (AvgIpc) is 3.07. The maximum absolute atomic E-state index is 13.8. The summed E-state index contributed by atoms with van der Waals surface area (Å²) in [7, 11) is -1.50. The van der Waals surface area contributed by atoms with E-state index in [4.69, 9.17) is 0 Å². The quantitative estimate of drug-likeness (QED) is 0.532. The number of Topliss-reactive ketones (excluding diaryl/α,β-unsaturated/α-hetero) is 1. The lowest BCUT2D eigenvalue weighted by Gasteiger charge is -2.21. The zero-order valence-electron chi connectivity index (χ0n) is 16.1. The molecule has 2 aliphatic rings. The molecule has 1 unspecified atom stereocenters. The first kappa shape index (κ1) is 18.0. The molecule has 3 aromatic carbocycles. The average molecular weight is 397 g/mol. The van der Waals surface area contributed by atoms with Gasteiger partial charge >= 0.3 is 0 Å². The molecule has 0 saturated carbocycles. The number of fused-ring (bicyclic) bond motifs is 3. The number of ketones is 1. The van der Waals surface area contributed by atoms with Crippen molar-refractivity contribution in [1.29, 1.82) is 0 Å². The summed E-state index contributed by atoms with van der Waals surface area (Å²) >= 11 is 0. The van der Waals surface area contributed by atoms with Gasteiger partial charge in [0.05, 0.1) is 20.6 Å². The number of rotatable bonds is 3. The van der Waals surface area contributed by atoms with Gasteiger partial charge in [-0.05, 0) is 42.0 Å². The van der Waals surface area contributed by atoms with Gasteiger partial charge in [0.1, 0.15) is 0 Å². The topological polar surface area (TPSA) is 34.1 Å². The molecule has 0 aromatic heterocycles. The normalized spacial score (nSPS) is 17.9. The molecule has 0 fully saturated rings. The fraction of sp³-hybridized carbons (Fsp3) is 0.115. The van der Waals surface area contributed by atoms with E-state index >= 15 is 0 Å². The molecule has 2 nitrogen and oxygen atoms in total. The third-order valence-electron chi connectivity index (χ3n) is 5.66. The molecule has 0 N–H and O–H groups in total. The predicted octanol–water partition coefficient (Wildman–Crippen LogP) is 5.71. The standard InChI is InChI=1S/C26H20O2S/c1-17-11-13-20(14-12-17)25-22-16-15-18-7-5-6-10-21(18)23(22)26(29(25)28)24(27)19-8-3-2-4-9-19/h2-14H,15-16H2,1H3. The van der Waals surface area contributed by atoms with Crippen LogP contribution in [0.2, 0.25) is 0 Å². The minimum atomic E-state index is -1.50. The van der Waals surface area contributed by atoms with Crippen molar-refractivity contribution >= 4 is 27.1 Å². The van der Waals surface area contributed by atoms with Crippen LogP contribution in [0, 0.1) is 6.92 Å². The number of aryl methyl sites for hydroxylation is 2. The summed E-state index contributed by atoms with van der Waals surface area (Å²) in [6.45, 7) is 2.04. The maximum Gasteiger partial charge on any atom is 0.202 e. The Morgan fingerprint density at radius 3 is 2.28 bits per heavy atom. The fourth-order valence-electron chi connectivity index (χ4n) is 4.23. The zero-order valence-corrected chi connectivity index (χ0v) is 17.0. The molecule has 3 heteroatoms. The molecular formula is C26H20O2S. The highest BCUT2D eigenvalue weighted by Gasteiger charge is 2.38. The van der Waals surface area contributed by atoms with Crippen LogP contribution in [-0.4, -0.2) is 9.99 Å². The molecule has 3 aromatic rings. The second-order valence-electron chi connectivity index (χ2n) is 7.50. The molecule has 1 heterocycles. The molecule has 1 aliphatic carbocycles. The van der Waals surface area contributed by atoms with E-state index in [0.717, 1.165) is 45.6 Å². The van der Waals surface area contributed by atoms with Gasteiger partial charge in [-0.2, -0.15) is 0 Å². The summed E-state index contributed by atoms with van der Waals surface area (Å²) in [5.41, 5.74) is 6.88. The third kappa shape index (κ3) is 2.93. The van der Waals surface area contributed by atoms with Crippen LogP contribution in [0.25, 0.3) is 10.5 Å². The van der Waals surface area contributed by atoms with Crippen LogP contribution in [0.15, 0.2) is 89.3 Å². The van der Waals surface area contributed by atoms with Gasteiger partial charge < -0.3 is 0 Å². The van der Waals surface area contributed by atoms with E-state index < -0.39 is 10.8 Å². The summed E-state index contributed by atoms with van der Waals surface area (Å²) in [5, 5.41) is 0. The van der Waals surface area contributed by atoms with Crippen molar-refractivity contribution in [2.24, 2.45) is 0 Å². The molecule has 0 radical (unpaired) electrons. The fourth-order valence-corrected chi connectivity index (χ4v) is 5.91. The number of carbonyl (C=O) groups excluding carboxylic acids is 1. The van der Waals surface area contributed by atoms with Crippen molar-refractivity contribution in [2.75, 3.05) is 0 Å². The van der Waals surface area contributed by atoms with E-state index in [2.05, 4.69) is 12.1 Å². The molecule has 0 amide bonds. The Morgan fingerprint density at radius 2 is 1.52 bits per heavy atom. The predicted molar refractivity (Wildman–Crippen MR) is 119 cm³/mol. The minimum Gasteiger partial charge on any atom is -0.288 e. The van der Waals surface area contributed by atoms with Gasteiger partial charge in [0.25, 0.3) is 0 Å². The van der Waals surface area contributed by atoms with Crippen LogP contribution in [0.5, 0.6) is 0 Å². The first-order valence-electron chi connectivity index (χ1n) is 9.80. The molecule has 1 aliphatic heterocycles. The maximum atomic E-state index is 13.8. The molecule has 5 rings (SSSR count). The van der Waals surface area contributed by atoms with Crippen LogP contribution >= 0.6 is 0 Å². The van der Waals surface area contributed by atoms with Gasteiger partial charge in [-0.1, -0.05) is 84.4 Å². The highest BCUT2D eigenvalue weighted by atomic mass is 32.2. The lowest BCUT2D eigenvalue weighted by molar-refractivity contribution is 0.104. The molecule has 1 atom stereocenters. The van der Waals surface area contributed by atoms with Gasteiger partial charge in [-0.3, -0.25) is 4.79 Å². The van der Waals surface area contributed by atoms with Gasteiger partial charge in [-0.25, -0.2) is 4.21 Å². The first-order valence-corrected chi connectivity index (χ1v) is 10.9. The van der Waals surface area contributed by atoms with Crippen molar-refractivity contribution in [2.45, 2.75) is 19.8 Å². The van der Waals surface area contributed by atoms with Crippen molar-refractivity contribution in [3.05, 3.63) is 117 Å². The summed E-state index contributed by atoms with van der Waals surface area (Å²) in [4.78, 5) is 14.7. The van der Waals surface area contributed by atoms with Gasteiger partial charge in [0.15, 0.2) is 0 Å². The SMILES string of the molecule is Cc1ccc(C2=C3CCc4ccccc4C3=C(C(=O)c3ccccc3)S2=O)cc1. The van der Waals surface area contributed by atoms with E-state index in [1.54, 1.807) is 12.1 Å². The van der Waals surface area contributed by atoms with Crippen molar-refractivity contribution < 1.29 is 9.00 Å². The largest absolute Gasteiger partial charge is 0.288 e. The number of hydrogen-bond donors (Lipinski definition) is 0. The molecule has 0 bridgehead atoms. The Kier molecular flexibility index (Phi) is 4.40. The third-order valence-corrected chi connectivity index (χ3v) is 7.27. The summed E-state index contributed by atoms with van der Waals surface area (Å²) < 4.78 is 13.8. The Morgan fingerprint density at radius 1 is 0.828 bits per heavy atom. The van der Waals surface area contributed by atoms with Crippen molar-refractivity contribution in [3.63, 3.8) is 0 Å². The lowest BCUT2D eigenvalue weighted by atomic mass is 9.82. The monoisotopic (exact) mass is 396 g/mol. The smallest absolute Gasteiger partial charge is 0.202 e. The second kappa shape index (κ2) is 7.09. The summed E-state index contributed by atoms with van der Waals surface area (Å²) in [6.07, 6.45) is 1.70. The number of hydrogen-bond acceptors (Lipinski definition) is 2. The van der Waals surface area contributed by atoms with Gasteiger partial charge in [0, 0.05) is 11.1 Å². The van der Waals surface area contributed by atoms with Crippen LogP contribution in [-0.2, 0) is 17.2 Å². The molecule has 142 valence electrons. The zero-order chi connectivity index (χ0) is 20.0. The van der Waals surface area contributed by atoms with Crippen LogP contribution < -0.4 is 0 Å². The number of carbonyl (C=O) groups is 1. The van der Waals surface area contributed by atoms with Gasteiger partial charge in [-0.15, -0.1) is 0 Å². The number of allylic oxidation sites excluding steroid dienone is 3. The van der Waals surface area contributed by atoms with E-state index in [1.807, 2.05) is 61.5 Å². The Hall–Kier alpha value is -3.04. The Balaban J connectivity index is 1.75. The molecule has 0 saturated heterocycles. The van der Waals surface area contributed by atoms with Crippen LogP contribution in [0.1, 0.15) is 39.0 Å². The second-order valence-corrected chi connectivity index (χ2v) is 8.85. The Bertz CT molecular complexity index is 1220. The summed E-state index contributed by atoms with van der Waals surface area (Å²) in [6, 6.07) is 25.5. The van der Waals surface area contributed by atoms with E-state index in [9.17, 15) is 9.00 Å². The minimum absolute atomic E-state index is 0.143. The van der Waals surface area contributed by atoms with Crippen LogP contribution in [0.3, 0.4) is 0 Å². The van der Waals surface area contributed by atoms with E-state index in [0.29, 0.717) is 10.5 Å². The Labute approximate surface area is 173 Å². The highest BCUT2D eigenvalue weighted by molar-refractivity contribution is 8.00.